The maximum atomic E-state index is 12.0. The number of nitrogens with one attached hydrogen (secondary N) is 1. The summed E-state index contributed by atoms with van der Waals surface area (Å²) >= 11 is 0. The second-order valence-corrected chi connectivity index (χ2v) is 4.20. The van der Waals surface area contributed by atoms with Crippen molar-refractivity contribution in [1.29, 1.82) is 0 Å². The lowest BCUT2D eigenvalue weighted by Gasteiger charge is -2.31. The molecule has 0 spiro atoms. The number of rotatable bonds is 3. The third-order valence-corrected chi connectivity index (χ3v) is 3.13. The Morgan fingerprint density at radius 3 is 3.06 bits per heavy atom. The number of piperidine rings is 1. The molecule has 1 saturated heterocycles. The largest absolute Gasteiger partial charge is 0.337 e. The van der Waals surface area contributed by atoms with Crippen LogP contribution in [0.4, 0.5) is 0 Å². The van der Waals surface area contributed by atoms with Crippen LogP contribution in [-0.2, 0) is 18.4 Å². The van der Waals surface area contributed by atoms with Crippen LogP contribution in [-0.4, -0.2) is 40.0 Å². The molecule has 1 aromatic rings. The second kappa shape index (κ2) is 4.65. The highest BCUT2D eigenvalue weighted by Crippen LogP contribution is 2.13. The van der Waals surface area contributed by atoms with E-state index in [1.807, 2.05) is 29.8 Å². The van der Waals surface area contributed by atoms with Gasteiger partial charge in [-0.3, -0.25) is 4.79 Å². The molecule has 1 aromatic heterocycles. The SMILES string of the molecule is CNC1CCCN(Cc2nccn2C)C1=O. The lowest BCUT2D eigenvalue weighted by atomic mass is 10.1. The first-order chi connectivity index (χ1) is 7.72. The van der Waals surface area contributed by atoms with Crippen LogP contribution in [0.2, 0.25) is 0 Å². The molecule has 2 rings (SSSR count). The third kappa shape index (κ3) is 2.09. The molecule has 1 unspecified atom stereocenters. The Morgan fingerprint density at radius 1 is 1.62 bits per heavy atom. The Bertz CT molecular complexity index is 374. The topological polar surface area (TPSA) is 50.2 Å². The number of amides is 1. The number of imidazole rings is 1. The Hall–Kier alpha value is -1.36. The molecule has 0 aromatic carbocycles. The van der Waals surface area contributed by atoms with Crippen LogP contribution in [0.15, 0.2) is 12.4 Å². The number of likely N-dealkylation sites (N-methyl/N-ethyl adjacent to an activating group) is 1. The average Bonchev–Trinajstić information content (AvgIpc) is 2.68. The molecule has 5 heteroatoms. The van der Waals surface area contributed by atoms with Crippen molar-refractivity contribution in [3.05, 3.63) is 18.2 Å². The highest BCUT2D eigenvalue weighted by Gasteiger charge is 2.27. The number of nitrogens with zero attached hydrogens (tertiary/aromatic N) is 3. The van der Waals surface area contributed by atoms with Crippen molar-refractivity contribution in [3.63, 3.8) is 0 Å². The lowest BCUT2D eigenvalue weighted by molar-refractivity contribution is -0.136. The molecule has 0 aliphatic carbocycles. The predicted molar refractivity (Wildman–Crippen MR) is 60.7 cm³/mol. The van der Waals surface area contributed by atoms with Gasteiger partial charge in [-0.1, -0.05) is 0 Å². The Balaban J connectivity index is 2.04. The molecule has 1 atom stereocenters. The Labute approximate surface area is 95.5 Å². The van der Waals surface area contributed by atoms with Gasteiger partial charge in [-0.2, -0.15) is 0 Å². The third-order valence-electron chi connectivity index (χ3n) is 3.13. The predicted octanol–water partition coefficient (Wildman–Crippen LogP) is 0.130. The van der Waals surface area contributed by atoms with Gasteiger partial charge in [0.25, 0.3) is 0 Å². The molecular formula is C11H18N4O. The van der Waals surface area contributed by atoms with E-state index in [4.69, 9.17) is 0 Å². The first-order valence-electron chi connectivity index (χ1n) is 5.64. The monoisotopic (exact) mass is 222 g/mol. The van der Waals surface area contributed by atoms with Crippen molar-refractivity contribution in [2.45, 2.75) is 25.4 Å². The van der Waals surface area contributed by atoms with Gasteiger partial charge in [-0.15, -0.1) is 0 Å². The maximum absolute atomic E-state index is 12.0. The molecule has 1 fully saturated rings. The zero-order valence-corrected chi connectivity index (χ0v) is 9.81. The van der Waals surface area contributed by atoms with Gasteiger partial charge in [0.1, 0.15) is 5.82 Å². The van der Waals surface area contributed by atoms with Gasteiger partial charge in [-0.25, -0.2) is 4.98 Å². The number of likely N-dealkylation sites (tertiary alicyclic amines) is 1. The zero-order valence-electron chi connectivity index (χ0n) is 9.81. The number of hydrogen-bond donors (Lipinski definition) is 1. The highest BCUT2D eigenvalue weighted by atomic mass is 16.2. The zero-order chi connectivity index (χ0) is 11.5. The minimum atomic E-state index is -0.0194. The molecule has 1 aliphatic heterocycles. The van der Waals surface area contributed by atoms with Crippen molar-refractivity contribution >= 4 is 5.91 Å². The number of carbonyl (C=O) groups excluding carboxylic acids is 1. The molecule has 0 saturated carbocycles. The Morgan fingerprint density at radius 2 is 2.44 bits per heavy atom. The van der Waals surface area contributed by atoms with Gasteiger partial charge in [0.15, 0.2) is 0 Å². The fourth-order valence-electron chi connectivity index (χ4n) is 2.08. The molecule has 1 aliphatic rings. The maximum Gasteiger partial charge on any atom is 0.240 e. The van der Waals surface area contributed by atoms with Gasteiger partial charge in [0, 0.05) is 26.0 Å². The van der Waals surface area contributed by atoms with Crippen molar-refractivity contribution in [1.82, 2.24) is 19.8 Å². The van der Waals surface area contributed by atoms with Gasteiger partial charge in [-0.05, 0) is 19.9 Å². The minimum absolute atomic E-state index is 0.0194. The first-order valence-corrected chi connectivity index (χ1v) is 5.64. The fourth-order valence-corrected chi connectivity index (χ4v) is 2.08. The number of carbonyl (C=O) groups is 1. The molecule has 16 heavy (non-hydrogen) atoms. The van der Waals surface area contributed by atoms with E-state index in [1.54, 1.807) is 6.20 Å². The summed E-state index contributed by atoms with van der Waals surface area (Å²) in [6.07, 6.45) is 5.66. The van der Waals surface area contributed by atoms with Crippen molar-refractivity contribution < 1.29 is 4.79 Å². The number of aromatic nitrogens is 2. The summed E-state index contributed by atoms with van der Waals surface area (Å²) in [5.41, 5.74) is 0. The van der Waals surface area contributed by atoms with E-state index in [9.17, 15) is 4.79 Å². The van der Waals surface area contributed by atoms with Crippen molar-refractivity contribution in [3.8, 4) is 0 Å². The molecule has 0 radical (unpaired) electrons. The van der Waals surface area contributed by atoms with Gasteiger partial charge >= 0.3 is 0 Å². The van der Waals surface area contributed by atoms with Crippen LogP contribution in [0, 0.1) is 0 Å². The van der Waals surface area contributed by atoms with E-state index in [0.29, 0.717) is 6.54 Å². The van der Waals surface area contributed by atoms with E-state index < -0.39 is 0 Å². The molecule has 0 bridgehead atoms. The van der Waals surface area contributed by atoms with Crippen LogP contribution in [0.25, 0.3) is 0 Å². The summed E-state index contributed by atoms with van der Waals surface area (Å²) in [7, 11) is 3.79. The number of aryl methyl sites for hydroxylation is 1. The van der Waals surface area contributed by atoms with E-state index in [1.165, 1.54) is 0 Å². The summed E-state index contributed by atoms with van der Waals surface area (Å²) in [6.45, 7) is 1.45. The molecule has 88 valence electrons. The smallest absolute Gasteiger partial charge is 0.240 e. The second-order valence-electron chi connectivity index (χ2n) is 4.20. The normalized spacial score (nSPS) is 21.5. The summed E-state index contributed by atoms with van der Waals surface area (Å²) < 4.78 is 1.95. The summed E-state index contributed by atoms with van der Waals surface area (Å²) in [6, 6.07) is -0.0194. The van der Waals surface area contributed by atoms with E-state index in [-0.39, 0.29) is 11.9 Å². The quantitative estimate of drug-likeness (QED) is 0.791. The van der Waals surface area contributed by atoms with Crippen molar-refractivity contribution in [2.75, 3.05) is 13.6 Å². The highest BCUT2D eigenvalue weighted by molar-refractivity contribution is 5.82. The lowest BCUT2D eigenvalue weighted by Crippen LogP contribution is -2.49. The molecule has 1 amide bonds. The number of hydrogen-bond acceptors (Lipinski definition) is 3. The molecule has 5 nitrogen and oxygen atoms in total. The van der Waals surface area contributed by atoms with E-state index in [0.717, 1.165) is 25.2 Å². The molecule has 1 N–H and O–H groups in total. The summed E-state index contributed by atoms with van der Waals surface area (Å²) in [5.74, 6) is 1.13. The van der Waals surface area contributed by atoms with Crippen LogP contribution in [0.5, 0.6) is 0 Å². The molecular weight excluding hydrogens is 204 g/mol. The Kier molecular flexibility index (Phi) is 3.24. The van der Waals surface area contributed by atoms with Gasteiger partial charge in [0.2, 0.25) is 5.91 Å². The van der Waals surface area contributed by atoms with Crippen LogP contribution >= 0.6 is 0 Å². The average molecular weight is 222 g/mol. The standard InChI is InChI=1S/C11H18N4O/c1-12-9-4-3-6-15(11(9)16)8-10-13-5-7-14(10)2/h5,7,9,12H,3-4,6,8H2,1-2H3. The van der Waals surface area contributed by atoms with E-state index >= 15 is 0 Å². The molecule has 2 heterocycles. The van der Waals surface area contributed by atoms with Crippen LogP contribution in [0.3, 0.4) is 0 Å². The summed E-state index contributed by atoms with van der Waals surface area (Å²) in [5, 5.41) is 3.06. The van der Waals surface area contributed by atoms with Crippen LogP contribution < -0.4 is 5.32 Å². The van der Waals surface area contributed by atoms with E-state index in [2.05, 4.69) is 10.3 Å². The fraction of sp³-hybridized carbons (Fsp3) is 0.636. The van der Waals surface area contributed by atoms with Crippen LogP contribution in [0.1, 0.15) is 18.7 Å². The van der Waals surface area contributed by atoms with Gasteiger partial charge in [0.05, 0.1) is 12.6 Å². The first kappa shape index (κ1) is 11.1. The van der Waals surface area contributed by atoms with Crippen molar-refractivity contribution in [2.24, 2.45) is 7.05 Å². The van der Waals surface area contributed by atoms with Gasteiger partial charge < -0.3 is 14.8 Å². The summed E-state index contributed by atoms with van der Waals surface area (Å²) in [4.78, 5) is 18.1. The minimum Gasteiger partial charge on any atom is -0.337 e.